The Bertz CT molecular complexity index is 971. The van der Waals surface area contributed by atoms with Crippen molar-refractivity contribution in [3.8, 4) is 11.4 Å². The van der Waals surface area contributed by atoms with Gasteiger partial charge in [-0.25, -0.2) is 4.39 Å². The summed E-state index contributed by atoms with van der Waals surface area (Å²) in [5.74, 6) is 0.433. The first kappa shape index (κ1) is 21.0. The summed E-state index contributed by atoms with van der Waals surface area (Å²) in [6.45, 7) is 7.14. The fourth-order valence-corrected chi connectivity index (χ4v) is 3.85. The molecule has 0 saturated carbocycles. The van der Waals surface area contributed by atoms with Crippen LogP contribution in [0.2, 0.25) is 0 Å². The van der Waals surface area contributed by atoms with Crippen LogP contribution < -0.4 is 5.32 Å². The Balaban J connectivity index is 1.69. The van der Waals surface area contributed by atoms with E-state index in [9.17, 15) is 9.18 Å². The lowest BCUT2D eigenvalue weighted by atomic mass is 10.1. The average Bonchev–Trinajstić information content (AvgIpc) is 3.10. The molecule has 3 rings (SSSR count). The van der Waals surface area contributed by atoms with Crippen LogP contribution in [0.5, 0.6) is 0 Å². The van der Waals surface area contributed by atoms with E-state index >= 15 is 0 Å². The zero-order valence-corrected chi connectivity index (χ0v) is 17.7. The largest absolute Gasteiger partial charge is 0.351 e. The van der Waals surface area contributed by atoms with Crippen molar-refractivity contribution in [1.29, 1.82) is 0 Å². The zero-order chi connectivity index (χ0) is 20.8. The number of benzene rings is 2. The number of amides is 1. The SMILES string of the molecule is CCCn1c(S[C@@H](C)C(=O)NCc2ccc(F)cc2)nnc1-c1cccc(C)c1. The van der Waals surface area contributed by atoms with Crippen molar-refractivity contribution in [2.45, 2.75) is 50.7 Å². The van der Waals surface area contributed by atoms with Crippen molar-refractivity contribution in [2.24, 2.45) is 0 Å². The average molecular weight is 413 g/mol. The minimum atomic E-state index is -0.333. The molecular formula is C22H25FN4OS. The molecule has 2 aromatic carbocycles. The van der Waals surface area contributed by atoms with Crippen LogP contribution in [0.4, 0.5) is 4.39 Å². The van der Waals surface area contributed by atoms with E-state index < -0.39 is 0 Å². The molecule has 7 heteroatoms. The number of hydrogen-bond donors (Lipinski definition) is 1. The van der Waals surface area contributed by atoms with Crippen molar-refractivity contribution < 1.29 is 9.18 Å². The maximum atomic E-state index is 13.0. The second-order valence-electron chi connectivity index (χ2n) is 6.93. The van der Waals surface area contributed by atoms with Gasteiger partial charge in [-0.15, -0.1) is 10.2 Å². The third-order valence-corrected chi connectivity index (χ3v) is 5.55. The van der Waals surface area contributed by atoms with Gasteiger partial charge in [0.05, 0.1) is 5.25 Å². The first-order chi connectivity index (χ1) is 14.0. The molecule has 0 fully saturated rings. The fraction of sp³-hybridized carbons (Fsp3) is 0.318. The third-order valence-electron chi connectivity index (χ3n) is 4.47. The van der Waals surface area contributed by atoms with Crippen LogP contribution in [0.3, 0.4) is 0 Å². The molecule has 152 valence electrons. The summed E-state index contributed by atoms with van der Waals surface area (Å²) >= 11 is 1.39. The molecule has 0 saturated heterocycles. The molecule has 5 nitrogen and oxygen atoms in total. The first-order valence-corrected chi connectivity index (χ1v) is 10.5. The normalized spacial score (nSPS) is 12.0. The molecule has 29 heavy (non-hydrogen) atoms. The highest BCUT2D eigenvalue weighted by Crippen LogP contribution is 2.27. The Kier molecular flexibility index (Phi) is 7.04. The minimum absolute atomic E-state index is 0.0949. The fourth-order valence-electron chi connectivity index (χ4n) is 2.95. The number of aryl methyl sites for hydroxylation is 1. The number of carbonyl (C=O) groups is 1. The van der Waals surface area contributed by atoms with E-state index in [0.29, 0.717) is 6.54 Å². The van der Waals surface area contributed by atoms with Crippen molar-refractivity contribution >= 4 is 17.7 Å². The Morgan fingerprint density at radius 2 is 1.97 bits per heavy atom. The molecule has 1 N–H and O–H groups in total. The van der Waals surface area contributed by atoms with Gasteiger partial charge in [0.25, 0.3) is 0 Å². The Hall–Kier alpha value is -2.67. The van der Waals surface area contributed by atoms with Crippen molar-refractivity contribution in [2.75, 3.05) is 0 Å². The van der Waals surface area contributed by atoms with E-state index in [1.54, 1.807) is 12.1 Å². The summed E-state index contributed by atoms with van der Waals surface area (Å²) in [6, 6.07) is 14.3. The van der Waals surface area contributed by atoms with E-state index in [2.05, 4.69) is 33.1 Å². The Morgan fingerprint density at radius 3 is 2.66 bits per heavy atom. The summed E-state index contributed by atoms with van der Waals surface area (Å²) in [5, 5.41) is 12.0. The Labute approximate surface area is 174 Å². The van der Waals surface area contributed by atoms with Gasteiger partial charge in [-0.2, -0.15) is 0 Å². The van der Waals surface area contributed by atoms with Crippen molar-refractivity contribution in [1.82, 2.24) is 20.1 Å². The maximum absolute atomic E-state index is 13.0. The van der Waals surface area contributed by atoms with Gasteiger partial charge in [0.15, 0.2) is 11.0 Å². The molecular weight excluding hydrogens is 387 g/mol. The van der Waals surface area contributed by atoms with Gasteiger partial charge >= 0.3 is 0 Å². The number of hydrogen-bond acceptors (Lipinski definition) is 4. The molecule has 1 heterocycles. The second-order valence-corrected chi connectivity index (χ2v) is 8.24. The van der Waals surface area contributed by atoms with Gasteiger partial charge in [0.1, 0.15) is 5.82 Å². The van der Waals surface area contributed by atoms with Gasteiger partial charge in [-0.05, 0) is 44.0 Å². The highest BCUT2D eigenvalue weighted by atomic mass is 32.2. The lowest BCUT2D eigenvalue weighted by Crippen LogP contribution is -2.30. The zero-order valence-electron chi connectivity index (χ0n) is 16.9. The van der Waals surface area contributed by atoms with E-state index in [4.69, 9.17) is 0 Å². The van der Waals surface area contributed by atoms with Gasteiger partial charge in [0, 0.05) is 18.7 Å². The number of aromatic nitrogens is 3. The molecule has 1 aromatic heterocycles. The van der Waals surface area contributed by atoms with Crippen molar-refractivity contribution in [3.63, 3.8) is 0 Å². The van der Waals surface area contributed by atoms with Gasteiger partial charge < -0.3 is 9.88 Å². The highest BCUT2D eigenvalue weighted by Gasteiger charge is 2.20. The molecule has 0 unspecified atom stereocenters. The Morgan fingerprint density at radius 1 is 1.21 bits per heavy atom. The minimum Gasteiger partial charge on any atom is -0.351 e. The quantitative estimate of drug-likeness (QED) is 0.550. The van der Waals surface area contributed by atoms with E-state index in [1.165, 1.54) is 23.9 Å². The first-order valence-electron chi connectivity index (χ1n) is 9.67. The van der Waals surface area contributed by atoms with Gasteiger partial charge in [0.2, 0.25) is 5.91 Å². The van der Waals surface area contributed by atoms with E-state index in [1.807, 2.05) is 32.0 Å². The third kappa shape index (κ3) is 5.44. The van der Waals surface area contributed by atoms with E-state index in [-0.39, 0.29) is 17.0 Å². The summed E-state index contributed by atoms with van der Waals surface area (Å²) in [7, 11) is 0. The monoisotopic (exact) mass is 412 g/mol. The molecule has 3 aromatic rings. The molecule has 0 bridgehead atoms. The number of nitrogens with one attached hydrogen (secondary N) is 1. The maximum Gasteiger partial charge on any atom is 0.233 e. The van der Waals surface area contributed by atoms with Crippen LogP contribution in [0.1, 0.15) is 31.4 Å². The molecule has 0 aliphatic rings. The lowest BCUT2D eigenvalue weighted by Gasteiger charge is -2.13. The predicted molar refractivity (Wildman–Crippen MR) is 114 cm³/mol. The number of rotatable bonds is 8. The second kappa shape index (κ2) is 9.69. The molecule has 0 aliphatic carbocycles. The van der Waals surface area contributed by atoms with Crippen LogP contribution in [-0.2, 0) is 17.9 Å². The number of carbonyl (C=O) groups excluding carboxylic acids is 1. The smallest absolute Gasteiger partial charge is 0.233 e. The van der Waals surface area contributed by atoms with Crippen LogP contribution in [0, 0.1) is 12.7 Å². The van der Waals surface area contributed by atoms with Gasteiger partial charge in [-0.3, -0.25) is 4.79 Å². The highest BCUT2D eigenvalue weighted by molar-refractivity contribution is 8.00. The molecule has 0 radical (unpaired) electrons. The molecule has 1 amide bonds. The molecule has 0 aliphatic heterocycles. The van der Waals surface area contributed by atoms with E-state index in [0.717, 1.165) is 40.6 Å². The topological polar surface area (TPSA) is 59.8 Å². The van der Waals surface area contributed by atoms with Crippen LogP contribution >= 0.6 is 11.8 Å². The standard InChI is InChI=1S/C22H25FN4OS/c1-4-12-27-20(18-7-5-6-15(2)13-18)25-26-22(27)29-16(3)21(28)24-14-17-8-10-19(23)11-9-17/h5-11,13,16H,4,12,14H2,1-3H3,(H,24,28)/t16-/m0/s1. The molecule has 1 atom stereocenters. The number of nitrogens with zero attached hydrogens (tertiary/aromatic N) is 3. The summed E-state index contributed by atoms with van der Waals surface area (Å²) in [4.78, 5) is 12.5. The number of halogens is 1. The summed E-state index contributed by atoms with van der Waals surface area (Å²) in [6.07, 6.45) is 0.940. The van der Waals surface area contributed by atoms with Gasteiger partial charge in [-0.1, -0.05) is 54.6 Å². The molecule has 0 spiro atoms. The van der Waals surface area contributed by atoms with Crippen LogP contribution in [0.25, 0.3) is 11.4 Å². The number of thioether (sulfide) groups is 1. The van der Waals surface area contributed by atoms with Crippen molar-refractivity contribution in [3.05, 3.63) is 65.5 Å². The predicted octanol–water partition coefficient (Wildman–Crippen LogP) is 4.60. The summed E-state index contributed by atoms with van der Waals surface area (Å²) < 4.78 is 15.1. The summed E-state index contributed by atoms with van der Waals surface area (Å²) in [5.41, 5.74) is 3.04. The van der Waals surface area contributed by atoms with Crippen LogP contribution in [-0.4, -0.2) is 25.9 Å². The van der Waals surface area contributed by atoms with Crippen LogP contribution in [0.15, 0.2) is 53.7 Å². The lowest BCUT2D eigenvalue weighted by molar-refractivity contribution is -0.120.